The summed E-state index contributed by atoms with van der Waals surface area (Å²) in [4.78, 5) is 27.2. The normalized spacial score (nSPS) is 23.6. The molecule has 29 heavy (non-hydrogen) atoms. The maximum atomic E-state index is 12.9. The third kappa shape index (κ3) is 4.19. The number of fused-ring (bicyclic) bond motifs is 1. The number of rotatable bonds is 6. The van der Waals surface area contributed by atoms with Crippen LogP contribution in [0, 0.1) is 0 Å². The Hall–Kier alpha value is -3.06. The van der Waals surface area contributed by atoms with Gasteiger partial charge in [0.25, 0.3) is 0 Å². The van der Waals surface area contributed by atoms with E-state index in [0.717, 1.165) is 16.9 Å². The number of phenolic OH excluding ortho intramolecular Hbond substituents is 1. The van der Waals surface area contributed by atoms with Crippen LogP contribution in [0.15, 0.2) is 48.5 Å². The average Bonchev–Trinajstić information content (AvgIpc) is 3.17. The van der Waals surface area contributed by atoms with Gasteiger partial charge >= 0.3 is 0 Å². The van der Waals surface area contributed by atoms with Crippen LogP contribution in [0.4, 0.5) is 0 Å². The second kappa shape index (κ2) is 8.13. The van der Waals surface area contributed by atoms with Gasteiger partial charge in [0.05, 0.1) is 7.11 Å². The van der Waals surface area contributed by atoms with Crippen LogP contribution < -0.4 is 15.4 Å². The van der Waals surface area contributed by atoms with Crippen molar-refractivity contribution in [2.24, 2.45) is 0 Å². The number of methoxy groups -OCH3 is 1. The lowest BCUT2D eigenvalue weighted by Crippen LogP contribution is -2.61. The molecule has 2 heterocycles. The summed E-state index contributed by atoms with van der Waals surface area (Å²) in [6.45, 7) is 1.17. The Kier molecular flexibility index (Phi) is 5.40. The summed E-state index contributed by atoms with van der Waals surface area (Å²) in [5.74, 6) is 0.837. The lowest BCUT2D eigenvalue weighted by Gasteiger charge is -2.34. The molecule has 0 aromatic heterocycles. The molecule has 2 aromatic rings. The highest BCUT2D eigenvalue weighted by molar-refractivity contribution is 5.97. The predicted molar refractivity (Wildman–Crippen MR) is 107 cm³/mol. The molecule has 3 atom stereocenters. The second-order valence-electron chi connectivity index (χ2n) is 7.60. The Labute approximate surface area is 169 Å². The van der Waals surface area contributed by atoms with Crippen molar-refractivity contribution >= 4 is 11.8 Å². The number of carbonyl (C=O) groups is 2. The summed E-state index contributed by atoms with van der Waals surface area (Å²) < 4.78 is 5.25. The first-order chi connectivity index (χ1) is 14.0. The molecule has 7 nitrogen and oxygen atoms in total. The fourth-order valence-corrected chi connectivity index (χ4v) is 4.06. The zero-order chi connectivity index (χ0) is 20.4. The number of benzene rings is 2. The molecule has 2 saturated heterocycles. The van der Waals surface area contributed by atoms with Gasteiger partial charge < -0.3 is 25.4 Å². The molecule has 0 spiro atoms. The molecule has 3 N–H and O–H groups in total. The third-order valence-electron chi connectivity index (χ3n) is 5.61. The van der Waals surface area contributed by atoms with Crippen molar-refractivity contribution in [3.8, 4) is 11.5 Å². The molecule has 2 fully saturated rings. The van der Waals surface area contributed by atoms with Gasteiger partial charge in [-0.15, -0.1) is 0 Å². The van der Waals surface area contributed by atoms with E-state index in [2.05, 4.69) is 10.6 Å². The summed E-state index contributed by atoms with van der Waals surface area (Å²) in [5, 5.41) is 15.7. The van der Waals surface area contributed by atoms with Crippen LogP contribution in [0.5, 0.6) is 11.5 Å². The molecule has 2 aliphatic heterocycles. The molecular weight excluding hydrogens is 370 g/mol. The Morgan fingerprint density at radius 2 is 1.97 bits per heavy atom. The maximum absolute atomic E-state index is 12.9. The number of aromatic hydroxyl groups is 1. The zero-order valence-corrected chi connectivity index (χ0v) is 16.3. The molecule has 152 valence electrons. The zero-order valence-electron chi connectivity index (χ0n) is 16.3. The Morgan fingerprint density at radius 3 is 2.72 bits per heavy atom. The number of piperazine rings is 1. The van der Waals surface area contributed by atoms with Gasteiger partial charge in [0, 0.05) is 25.6 Å². The van der Waals surface area contributed by atoms with E-state index in [1.807, 2.05) is 24.3 Å². The van der Waals surface area contributed by atoms with Crippen molar-refractivity contribution in [2.75, 3.05) is 13.7 Å². The van der Waals surface area contributed by atoms with Crippen molar-refractivity contribution in [1.82, 2.24) is 15.5 Å². The summed E-state index contributed by atoms with van der Waals surface area (Å²) >= 11 is 0. The molecule has 0 radical (unpaired) electrons. The standard InChI is InChI=1S/C22H25N3O4/c1-29-18-4-2-3-15(9-18)12-23-16-11-20-21(27)24-19(22(28)25(20)13-16)10-14-5-7-17(26)8-6-14/h2-9,16,19-20,23,26H,10-13H2,1H3,(H,24,27)/t16-,19+,20-/m0/s1. The van der Waals surface area contributed by atoms with Crippen LogP contribution in [0.3, 0.4) is 0 Å². The summed E-state index contributed by atoms with van der Waals surface area (Å²) in [6.07, 6.45) is 1.02. The van der Waals surface area contributed by atoms with E-state index in [4.69, 9.17) is 4.74 Å². The molecule has 0 aliphatic carbocycles. The topological polar surface area (TPSA) is 90.9 Å². The number of nitrogens with one attached hydrogen (secondary N) is 2. The molecular formula is C22H25N3O4. The monoisotopic (exact) mass is 395 g/mol. The molecule has 4 rings (SSSR count). The minimum absolute atomic E-state index is 0.0478. The minimum atomic E-state index is -0.569. The second-order valence-corrected chi connectivity index (χ2v) is 7.60. The van der Waals surface area contributed by atoms with E-state index in [1.165, 1.54) is 0 Å². The van der Waals surface area contributed by atoms with Crippen molar-refractivity contribution in [3.05, 3.63) is 59.7 Å². The largest absolute Gasteiger partial charge is 0.508 e. The van der Waals surface area contributed by atoms with Crippen LogP contribution in [0.1, 0.15) is 17.5 Å². The quantitative estimate of drug-likeness (QED) is 0.684. The van der Waals surface area contributed by atoms with Gasteiger partial charge in [-0.25, -0.2) is 0 Å². The number of amides is 2. The highest BCUT2D eigenvalue weighted by Gasteiger charge is 2.46. The highest BCUT2D eigenvalue weighted by Crippen LogP contribution is 2.25. The van der Waals surface area contributed by atoms with Crippen molar-refractivity contribution < 1.29 is 19.4 Å². The molecule has 2 aromatic carbocycles. The number of hydrogen-bond acceptors (Lipinski definition) is 5. The fraction of sp³-hybridized carbons (Fsp3) is 0.364. The van der Waals surface area contributed by atoms with Gasteiger partial charge in [0.2, 0.25) is 11.8 Å². The molecule has 2 amide bonds. The highest BCUT2D eigenvalue weighted by atomic mass is 16.5. The number of ether oxygens (including phenoxy) is 1. The van der Waals surface area contributed by atoms with Gasteiger partial charge in [-0.05, 0) is 41.8 Å². The van der Waals surface area contributed by atoms with Crippen molar-refractivity contribution in [1.29, 1.82) is 0 Å². The Balaban J connectivity index is 1.38. The number of phenols is 1. The van der Waals surface area contributed by atoms with Gasteiger partial charge in [0.15, 0.2) is 0 Å². The van der Waals surface area contributed by atoms with E-state index < -0.39 is 12.1 Å². The lowest BCUT2D eigenvalue weighted by atomic mass is 10.0. The summed E-state index contributed by atoms with van der Waals surface area (Å²) in [6, 6.07) is 13.6. The predicted octanol–water partition coefficient (Wildman–Crippen LogP) is 1.20. The van der Waals surface area contributed by atoms with Crippen LogP contribution in [0.25, 0.3) is 0 Å². The first-order valence-electron chi connectivity index (χ1n) is 9.78. The van der Waals surface area contributed by atoms with Crippen LogP contribution in [0.2, 0.25) is 0 Å². The van der Waals surface area contributed by atoms with E-state index in [9.17, 15) is 14.7 Å². The lowest BCUT2D eigenvalue weighted by molar-refractivity contribution is -0.147. The first-order valence-corrected chi connectivity index (χ1v) is 9.78. The molecule has 0 unspecified atom stereocenters. The van der Waals surface area contributed by atoms with E-state index in [-0.39, 0.29) is 23.6 Å². The van der Waals surface area contributed by atoms with Crippen LogP contribution in [-0.2, 0) is 22.6 Å². The van der Waals surface area contributed by atoms with Gasteiger partial charge in [-0.1, -0.05) is 24.3 Å². The molecule has 0 saturated carbocycles. The fourth-order valence-electron chi connectivity index (χ4n) is 4.06. The Bertz CT molecular complexity index is 899. The smallest absolute Gasteiger partial charge is 0.246 e. The minimum Gasteiger partial charge on any atom is -0.508 e. The van der Waals surface area contributed by atoms with Crippen LogP contribution in [-0.4, -0.2) is 53.6 Å². The van der Waals surface area contributed by atoms with Crippen molar-refractivity contribution in [2.45, 2.75) is 37.5 Å². The number of nitrogens with zero attached hydrogens (tertiary/aromatic N) is 1. The van der Waals surface area contributed by atoms with E-state index in [0.29, 0.717) is 25.9 Å². The molecule has 0 bridgehead atoms. The SMILES string of the molecule is COc1cccc(CN[C@H]2C[C@H]3C(=O)N[C@H](Cc4ccc(O)cc4)C(=O)N3C2)c1. The van der Waals surface area contributed by atoms with Gasteiger partial charge in [-0.2, -0.15) is 0 Å². The van der Waals surface area contributed by atoms with Crippen LogP contribution >= 0.6 is 0 Å². The number of hydrogen-bond donors (Lipinski definition) is 3. The average molecular weight is 395 g/mol. The summed E-state index contributed by atoms with van der Waals surface area (Å²) in [7, 11) is 1.64. The van der Waals surface area contributed by atoms with E-state index in [1.54, 1.807) is 36.3 Å². The van der Waals surface area contributed by atoms with E-state index >= 15 is 0 Å². The van der Waals surface area contributed by atoms with Gasteiger partial charge in [-0.3, -0.25) is 9.59 Å². The summed E-state index contributed by atoms with van der Waals surface area (Å²) in [5.41, 5.74) is 1.99. The number of carbonyl (C=O) groups excluding carboxylic acids is 2. The molecule has 2 aliphatic rings. The van der Waals surface area contributed by atoms with Crippen molar-refractivity contribution in [3.63, 3.8) is 0 Å². The third-order valence-corrected chi connectivity index (χ3v) is 5.61. The van der Waals surface area contributed by atoms with Gasteiger partial charge in [0.1, 0.15) is 23.6 Å². The Morgan fingerprint density at radius 1 is 1.17 bits per heavy atom. The maximum Gasteiger partial charge on any atom is 0.246 e. The molecule has 7 heteroatoms. The first kappa shape index (κ1) is 19.3.